The second kappa shape index (κ2) is 22.6. The van der Waals surface area contributed by atoms with Crippen LogP contribution < -0.4 is 11.1 Å². The third-order valence-electron chi connectivity index (χ3n) is 12.5. The van der Waals surface area contributed by atoms with E-state index in [1.807, 2.05) is 37.3 Å². The van der Waals surface area contributed by atoms with Crippen LogP contribution in [0.3, 0.4) is 0 Å². The predicted octanol–water partition coefficient (Wildman–Crippen LogP) is 6.94. The molecule has 3 aliphatic rings. The normalized spacial score (nSPS) is 20.5. The van der Waals surface area contributed by atoms with Crippen LogP contribution in [0.5, 0.6) is 0 Å². The van der Waals surface area contributed by atoms with Crippen molar-refractivity contribution < 1.29 is 38.3 Å². The molecule has 5 atom stereocenters. The molecule has 0 spiro atoms. The summed E-state index contributed by atoms with van der Waals surface area (Å²) in [5.41, 5.74) is 6.99. The number of ketones is 4. The number of carbonyl (C=O) groups excluding carboxylic acids is 7. The van der Waals surface area contributed by atoms with E-state index in [2.05, 4.69) is 5.32 Å². The predicted molar refractivity (Wildman–Crippen MR) is 220 cm³/mol. The Labute approximate surface area is 343 Å². The summed E-state index contributed by atoms with van der Waals surface area (Å²) < 4.78 is 6.32. The molecular formula is C47H63N3O8. The van der Waals surface area contributed by atoms with Gasteiger partial charge in [-0.25, -0.2) is 0 Å². The molecule has 1 saturated heterocycles. The van der Waals surface area contributed by atoms with Gasteiger partial charge in [-0.05, 0) is 42.2 Å². The van der Waals surface area contributed by atoms with Crippen LogP contribution in [-0.4, -0.2) is 64.4 Å². The van der Waals surface area contributed by atoms with Gasteiger partial charge in [0.1, 0.15) is 11.8 Å². The molecule has 1 aliphatic heterocycles. The molecule has 11 heteroatoms. The highest BCUT2D eigenvalue weighted by Crippen LogP contribution is 2.37. The van der Waals surface area contributed by atoms with E-state index in [1.165, 1.54) is 6.42 Å². The fourth-order valence-electron chi connectivity index (χ4n) is 9.33. The van der Waals surface area contributed by atoms with Crippen LogP contribution in [0.4, 0.5) is 0 Å². The molecule has 3 N–H and O–H groups in total. The van der Waals surface area contributed by atoms with Gasteiger partial charge < -0.3 is 20.7 Å². The minimum atomic E-state index is -1.09. The van der Waals surface area contributed by atoms with Crippen molar-refractivity contribution in [3.63, 3.8) is 0 Å². The lowest BCUT2D eigenvalue weighted by Gasteiger charge is -2.34. The Morgan fingerprint density at radius 2 is 1.45 bits per heavy atom. The molecule has 0 aromatic heterocycles. The van der Waals surface area contributed by atoms with Crippen molar-refractivity contribution in [1.29, 1.82) is 0 Å². The third kappa shape index (κ3) is 13.0. The Kier molecular flexibility index (Phi) is 17.4. The van der Waals surface area contributed by atoms with E-state index >= 15 is 0 Å². The van der Waals surface area contributed by atoms with Gasteiger partial charge in [0, 0.05) is 56.9 Å². The smallest absolute Gasteiger partial charge is 0.244 e. The van der Waals surface area contributed by atoms with Crippen molar-refractivity contribution in [2.45, 2.75) is 147 Å². The Balaban J connectivity index is 1.28. The van der Waals surface area contributed by atoms with E-state index in [0.717, 1.165) is 63.4 Å². The number of Topliss-reactive ketones (excluding diaryl/α,β-unsaturated/α-hetero) is 4. The summed E-state index contributed by atoms with van der Waals surface area (Å²) in [6.07, 6.45) is 10.8. The van der Waals surface area contributed by atoms with Gasteiger partial charge in [0.05, 0.1) is 18.8 Å². The molecule has 314 valence electrons. The summed E-state index contributed by atoms with van der Waals surface area (Å²) in [6.45, 7) is 2.39. The zero-order valence-electron chi connectivity index (χ0n) is 34.2. The van der Waals surface area contributed by atoms with Crippen molar-refractivity contribution in [2.24, 2.45) is 29.4 Å². The van der Waals surface area contributed by atoms with Crippen LogP contribution >= 0.6 is 0 Å². The van der Waals surface area contributed by atoms with Gasteiger partial charge in [-0.1, -0.05) is 125 Å². The van der Waals surface area contributed by atoms with Gasteiger partial charge in [0.25, 0.3) is 0 Å². The quantitative estimate of drug-likeness (QED) is 0.121. The second-order valence-electron chi connectivity index (χ2n) is 16.9. The molecule has 5 rings (SSSR count). The monoisotopic (exact) mass is 797 g/mol. The molecule has 3 unspecified atom stereocenters. The molecule has 3 fully saturated rings. The lowest BCUT2D eigenvalue weighted by molar-refractivity contribution is -0.146. The molecule has 2 saturated carbocycles. The largest absolute Gasteiger partial charge is 0.372 e. The highest BCUT2D eigenvalue weighted by molar-refractivity contribution is 6.38. The molecule has 3 amide bonds. The first kappa shape index (κ1) is 44.6. The average Bonchev–Trinajstić information content (AvgIpc) is 3.68. The number of nitrogens with two attached hydrogens (primary N) is 1. The van der Waals surface area contributed by atoms with Gasteiger partial charge in [-0.15, -0.1) is 0 Å². The molecule has 2 aliphatic carbocycles. The number of primary amides is 1. The summed E-state index contributed by atoms with van der Waals surface area (Å²) in [5.74, 6) is -4.22. The SMILES string of the molecule is CCCC(CC(=O)[C@@H]1C[C@@H](OCc2ccccc2)CN1C(=O)C(CC(=O)CC1CCCCC1)C1CCCCC1)C(=O)C(=O)CCC(=O)NC(C(N)=O)c1ccccc1. The Hall–Kier alpha value is -4.51. The van der Waals surface area contributed by atoms with Crippen LogP contribution in [0.25, 0.3) is 0 Å². The van der Waals surface area contributed by atoms with E-state index in [0.29, 0.717) is 30.9 Å². The fraction of sp³-hybridized carbons (Fsp3) is 0.596. The zero-order chi connectivity index (χ0) is 41.4. The maximum Gasteiger partial charge on any atom is 0.244 e. The van der Waals surface area contributed by atoms with E-state index in [-0.39, 0.29) is 68.5 Å². The summed E-state index contributed by atoms with van der Waals surface area (Å²) >= 11 is 0. The molecule has 1 heterocycles. The minimum Gasteiger partial charge on any atom is -0.372 e. The average molecular weight is 798 g/mol. The van der Waals surface area contributed by atoms with Crippen LogP contribution in [0.15, 0.2) is 60.7 Å². The Morgan fingerprint density at radius 1 is 0.810 bits per heavy atom. The van der Waals surface area contributed by atoms with Crippen LogP contribution in [0, 0.1) is 23.7 Å². The summed E-state index contributed by atoms with van der Waals surface area (Å²) in [6, 6.07) is 16.2. The zero-order valence-corrected chi connectivity index (χ0v) is 34.2. The summed E-state index contributed by atoms with van der Waals surface area (Å²) in [5, 5.41) is 2.55. The minimum absolute atomic E-state index is 0.0618. The van der Waals surface area contributed by atoms with Crippen molar-refractivity contribution >= 4 is 40.9 Å². The van der Waals surface area contributed by atoms with E-state index in [4.69, 9.17) is 10.5 Å². The highest BCUT2D eigenvalue weighted by Gasteiger charge is 2.45. The van der Waals surface area contributed by atoms with Gasteiger partial charge >= 0.3 is 0 Å². The van der Waals surface area contributed by atoms with Gasteiger partial charge in [0.15, 0.2) is 11.6 Å². The lowest BCUT2D eigenvalue weighted by Crippen LogP contribution is -2.47. The number of hydrogen-bond acceptors (Lipinski definition) is 8. The number of carbonyl (C=O) groups is 7. The lowest BCUT2D eigenvalue weighted by atomic mass is 9.75. The summed E-state index contributed by atoms with van der Waals surface area (Å²) in [4.78, 5) is 96.2. The van der Waals surface area contributed by atoms with Crippen LogP contribution in [0.2, 0.25) is 0 Å². The molecule has 0 bridgehead atoms. The first-order valence-corrected chi connectivity index (χ1v) is 21.7. The standard InChI is InChI=1S/C47H63N3O8/c1-2-15-36(45(55)41(52)24-25-43(54)49-44(46(48)56)35-22-13-6-14-23-35)27-42(53)40-29-38(58-31-33-18-9-4-10-19-33)30-50(40)47(57)39(34-20-11-5-12-21-34)28-37(51)26-32-16-7-3-8-17-32/h4,6,9-10,13-14,18-19,22-23,32,34,36,38-40,44H,2-3,5,7-8,11-12,15-17,20-21,24-31H2,1H3,(H2,48,56)(H,49,54)/t36?,38-,39?,40+,44?/m1/s1. The Morgan fingerprint density at radius 3 is 2.09 bits per heavy atom. The number of rotatable bonds is 22. The number of amides is 3. The molecule has 2 aromatic rings. The molecule has 11 nitrogen and oxygen atoms in total. The van der Waals surface area contributed by atoms with Crippen molar-refractivity contribution in [2.75, 3.05) is 6.54 Å². The first-order valence-electron chi connectivity index (χ1n) is 21.7. The number of benzene rings is 2. The molecule has 0 radical (unpaired) electrons. The first-order chi connectivity index (χ1) is 28.0. The summed E-state index contributed by atoms with van der Waals surface area (Å²) in [7, 11) is 0. The van der Waals surface area contributed by atoms with E-state index in [9.17, 15) is 33.6 Å². The number of nitrogens with one attached hydrogen (secondary N) is 1. The number of ether oxygens (including phenoxy) is 1. The van der Waals surface area contributed by atoms with E-state index < -0.39 is 53.4 Å². The maximum atomic E-state index is 14.8. The van der Waals surface area contributed by atoms with Crippen molar-refractivity contribution in [3.8, 4) is 0 Å². The highest BCUT2D eigenvalue weighted by atomic mass is 16.5. The third-order valence-corrected chi connectivity index (χ3v) is 12.5. The topological polar surface area (TPSA) is 170 Å². The van der Waals surface area contributed by atoms with Crippen LogP contribution in [0.1, 0.15) is 140 Å². The number of hydrogen-bond donors (Lipinski definition) is 2. The van der Waals surface area contributed by atoms with Gasteiger partial charge in [-0.3, -0.25) is 33.6 Å². The molecular weight excluding hydrogens is 735 g/mol. The maximum absolute atomic E-state index is 14.8. The van der Waals surface area contributed by atoms with Crippen molar-refractivity contribution in [3.05, 3.63) is 71.8 Å². The van der Waals surface area contributed by atoms with Crippen molar-refractivity contribution in [1.82, 2.24) is 10.2 Å². The molecule has 58 heavy (non-hydrogen) atoms. The Bertz CT molecular complexity index is 1700. The second-order valence-corrected chi connectivity index (χ2v) is 16.9. The van der Waals surface area contributed by atoms with Gasteiger partial charge in [0.2, 0.25) is 23.5 Å². The number of nitrogens with zero attached hydrogens (tertiary/aromatic N) is 1. The van der Waals surface area contributed by atoms with Gasteiger partial charge in [-0.2, -0.15) is 0 Å². The fourth-order valence-corrected chi connectivity index (χ4v) is 9.33. The number of likely N-dealkylation sites (tertiary alicyclic amines) is 1. The molecule has 2 aromatic carbocycles. The van der Waals surface area contributed by atoms with E-state index in [1.54, 1.807) is 35.2 Å². The van der Waals surface area contributed by atoms with Crippen LogP contribution in [-0.2, 0) is 44.9 Å².